The number of anilines is 1. The Balaban J connectivity index is 2.04. The number of rotatable bonds is 4. The predicted molar refractivity (Wildman–Crippen MR) is 85.4 cm³/mol. The number of hydrogen-bond donors (Lipinski definition) is 1. The third kappa shape index (κ3) is 3.61. The number of carbonyl (C=O) groups is 2. The highest BCUT2D eigenvalue weighted by molar-refractivity contribution is 6.39. The normalized spacial score (nSPS) is 11.8. The van der Waals surface area contributed by atoms with Crippen LogP contribution in [0.5, 0.6) is 0 Å². The minimum atomic E-state index is -0.991. The number of para-hydroxylation sites is 1. The van der Waals surface area contributed by atoms with Gasteiger partial charge in [-0.1, -0.05) is 29.3 Å². The summed E-state index contributed by atoms with van der Waals surface area (Å²) in [6.07, 6.45) is 0.722. The molecule has 0 aliphatic heterocycles. The van der Waals surface area contributed by atoms with Gasteiger partial charge < -0.3 is 14.6 Å². The zero-order chi connectivity index (χ0) is 16.3. The zero-order valence-electron chi connectivity index (χ0n) is 12.0. The Labute approximate surface area is 137 Å². The highest BCUT2D eigenvalue weighted by Gasteiger charge is 2.21. The summed E-state index contributed by atoms with van der Waals surface area (Å²) in [5.41, 5.74) is 0.646. The standard InChI is InChI=1S/C15H14Cl2N2O3/c1-9(22-15(21)12-7-4-8-19(12)2)14(20)18-13-10(16)5-3-6-11(13)17/h3-9H,1-2H3,(H,18,20)/t9-/m1/s1. The van der Waals surface area contributed by atoms with Gasteiger partial charge >= 0.3 is 5.97 Å². The predicted octanol–water partition coefficient (Wildman–Crippen LogP) is 3.52. The molecule has 0 unspecified atom stereocenters. The summed E-state index contributed by atoms with van der Waals surface area (Å²) >= 11 is 12.0. The summed E-state index contributed by atoms with van der Waals surface area (Å²) in [7, 11) is 1.71. The Hall–Kier alpha value is -1.98. The molecular weight excluding hydrogens is 327 g/mol. The van der Waals surface area contributed by atoms with Crippen LogP contribution in [-0.2, 0) is 16.6 Å². The van der Waals surface area contributed by atoms with Gasteiger partial charge in [-0.25, -0.2) is 4.79 Å². The molecule has 0 bridgehead atoms. The van der Waals surface area contributed by atoms with Crippen LogP contribution in [0.2, 0.25) is 10.0 Å². The smallest absolute Gasteiger partial charge is 0.355 e. The van der Waals surface area contributed by atoms with Gasteiger partial charge in [0.15, 0.2) is 6.10 Å². The van der Waals surface area contributed by atoms with E-state index in [1.807, 2.05) is 0 Å². The molecule has 1 aromatic carbocycles. The van der Waals surface area contributed by atoms with E-state index in [1.165, 1.54) is 6.92 Å². The summed E-state index contributed by atoms with van der Waals surface area (Å²) in [5, 5.41) is 3.17. The fourth-order valence-corrected chi connectivity index (χ4v) is 2.28. The first-order valence-corrected chi connectivity index (χ1v) is 7.23. The zero-order valence-corrected chi connectivity index (χ0v) is 13.5. The average molecular weight is 341 g/mol. The first-order valence-electron chi connectivity index (χ1n) is 6.47. The lowest BCUT2D eigenvalue weighted by molar-refractivity contribution is -0.123. The van der Waals surface area contributed by atoms with Crippen LogP contribution in [0.1, 0.15) is 17.4 Å². The molecule has 1 atom stereocenters. The Bertz CT molecular complexity index is 692. The summed E-state index contributed by atoms with van der Waals surface area (Å²) in [5.74, 6) is -1.10. The maximum Gasteiger partial charge on any atom is 0.355 e. The van der Waals surface area contributed by atoms with Gasteiger partial charge in [-0.05, 0) is 31.2 Å². The van der Waals surface area contributed by atoms with Crippen molar-refractivity contribution in [2.75, 3.05) is 5.32 Å². The van der Waals surface area contributed by atoms with Crippen LogP contribution in [0, 0.1) is 0 Å². The Morgan fingerprint density at radius 3 is 2.36 bits per heavy atom. The van der Waals surface area contributed by atoms with Crippen molar-refractivity contribution < 1.29 is 14.3 Å². The van der Waals surface area contributed by atoms with Gasteiger partial charge in [-0.15, -0.1) is 0 Å². The van der Waals surface area contributed by atoms with Gasteiger partial charge in [0.05, 0.1) is 15.7 Å². The highest BCUT2D eigenvalue weighted by atomic mass is 35.5. The lowest BCUT2D eigenvalue weighted by Crippen LogP contribution is -2.30. The molecular formula is C15H14Cl2N2O3. The number of ether oxygens (including phenoxy) is 1. The third-order valence-electron chi connectivity index (χ3n) is 3.02. The molecule has 1 amide bonds. The van der Waals surface area contributed by atoms with Gasteiger partial charge in [-0.2, -0.15) is 0 Å². The third-order valence-corrected chi connectivity index (χ3v) is 3.65. The van der Waals surface area contributed by atoms with Gasteiger partial charge in [-0.3, -0.25) is 4.79 Å². The number of benzene rings is 1. The molecule has 0 fully saturated rings. The quantitative estimate of drug-likeness (QED) is 0.866. The topological polar surface area (TPSA) is 60.3 Å². The molecule has 1 aromatic heterocycles. The number of aromatic nitrogens is 1. The van der Waals surface area contributed by atoms with Crippen LogP contribution < -0.4 is 5.32 Å². The number of amides is 1. The van der Waals surface area contributed by atoms with Gasteiger partial charge in [0, 0.05) is 13.2 Å². The highest BCUT2D eigenvalue weighted by Crippen LogP contribution is 2.29. The molecule has 0 spiro atoms. The summed E-state index contributed by atoms with van der Waals surface area (Å²) < 4.78 is 6.74. The maximum absolute atomic E-state index is 12.1. The van der Waals surface area contributed by atoms with Crippen LogP contribution in [-0.4, -0.2) is 22.5 Å². The molecule has 0 saturated carbocycles. The van der Waals surface area contributed by atoms with E-state index in [4.69, 9.17) is 27.9 Å². The summed E-state index contributed by atoms with van der Waals surface area (Å²) in [6, 6.07) is 8.19. The SMILES string of the molecule is C[C@@H](OC(=O)c1cccn1C)C(=O)Nc1c(Cl)cccc1Cl. The molecule has 0 aliphatic rings. The Morgan fingerprint density at radius 2 is 1.82 bits per heavy atom. The minimum Gasteiger partial charge on any atom is -0.448 e. The minimum absolute atomic E-state index is 0.289. The molecule has 2 aromatic rings. The van der Waals surface area contributed by atoms with Crippen molar-refractivity contribution in [3.8, 4) is 0 Å². The van der Waals surface area contributed by atoms with E-state index < -0.39 is 18.0 Å². The van der Waals surface area contributed by atoms with Crippen LogP contribution in [0.25, 0.3) is 0 Å². The number of esters is 1. The lowest BCUT2D eigenvalue weighted by Gasteiger charge is -2.15. The van der Waals surface area contributed by atoms with Crippen molar-refractivity contribution in [1.29, 1.82) is 0 Å². The van der Waals surface area contributed by atoms with E-state index in [9.17, 15) is 9.59 Å². The second-order valence-corrected chi connectivity index (χ2v) is 5.45. The molecule has 116 valence electrons. The molecule has 0 saturated heterocycles. The Morgan fingerprint density at radius 1 is 1.18 bits per heavy atom. The summed E-state index contributed by atoms with van der Waals surface area (Å²) in [4.78, 5) is 24.0. The van der Waals surface area contributed by atoms with Gasteiger partial charge in [0.2, 0.25) is 0 Å². The lowest BCUT2D eigenvalue weighted by atomic mass is 10.3. The van der Waals surface area contributed by atoms with Crippen LogP contribution in [0.15, 0.2) is 36.5 Å². The van der Waals surface area contributed by atoms with E-state index in [1.54, 1.807) is 48.1 Å². The number of nitrogens with one attached hydrogen (secondary N) is 1. The van der Waals surface area contributed by atoms with E-state index in [0.29, 0.717) is 15.7 Å². The Kier molecular flexibility index (Phi) is 5.11. The first-order chi connectivity index (χ1) is 10.4. The van der Waals surface area contributed by atoms with Crippen molar-refractivity contribution in [3.05, 3.63) is 52.3 Å². The van der Waals surface area contributed by atoms with Crippen molar-refractivity contribution >= 4 is 40.8 Å². The molecule has 5 nitrogen and oxygen atoms in total. The molecule has 2 rings (SSSR count). The number of halogens is 2. The fourth-order valence-electron chi connectivity index (χ4n) is 1.79. The number of nitrogens with zero attached hydrogens (tertiary/aromatic N) is 1. The molecule has 1 heterocycles. The van der Waals surface area contributed by atoms with E-state index in [-0.39, 0.29) is 5.69 Å². The first kappa shape index (κ1) is 16.4. The molecule has 7 heteroatoms. The van der Waals surface area contributed by atoms with E-state index in [0.717, 1.165) is 0 Å². The van der Waals surface area contributed by atoms with Crippen molar-refractivity contribution in [3.63, 3.8) is 0 Å². The van der Waals surface area contributed by atoms with Crippen molar-refractivity contribution in [1.82, 2.24) is 4.57 Å². The maximum atomic E-state index is 12.1. The molecule has 22 heavy (non-hydrogen) atoms. The van der Waals surface area contributed by atoms with Gasteiger partial charge in [0.25, 0.3) is 5.91 Å². The van der Waals surface area contributed by atoms with E-state index >= 15 is 0 Å². The van der Waals surface area contributed by atoms with Crippen molar-refractivity contribution in [2.45, 2.75) is 13.0 Å². The second-order valence-electron chi connectivity index (χ2n) is 4.64. The largest absolute Gasteiger partial charge is 0.448 e. The molecule has 0 aliphatic carbocycles. The molecule has 1 N–H and O–H groups in total. The van der Waals surface area contributed by atoms with Crippen LogP contribution >= 0.6 is 23.2 Å². The molecule has 0 radical (unpaired) electrons. The van der Waals surface area contributed by atoms with Crippen LogP contribution in [0.4, 0.5) is 5.69 Å². The number of hydrogen-bond acceptors (Lipinski definition) is 3. The van der Waals surface area contributed by atoms with Gasteiger partial charge in [0.1, 0.15) is 5.69 Å². The second kappa shape index (κ2) is 6.85. The fraction of sp³-hybridized carbons (Fsp3) is 0.200. The van der Waals surface area contributed by atoms with E-state index in [2.05, 4.69) is 5.32 Å². The average Bonchev–Trinajstić information content (AvgIpc) is 2.89. The number of aryl methyl sites for hydroxylation is 1. The monoisotopic (exact) mass is 340 g/mol. The van der Waals surface area contributed by atoms with Crippen LogP contribution in [0.3, 0.4) is 0 Å². The van der Waals surface area contributed by atoms with Crippen molar-refractivity contribution in [2.24, 2.45) is 7.05 Å². The summed E-state index contributed by atoms with van der Waals surface area (Å²) in [6.45, 7) is 1.47. The number of carbonyl (C=O) groups excluding carboxylic acids is 2.